The monoisotopic (exact) mass is 393 g/mol. The molecule has 0 aliphatic rings. The van der Waals surface area contributed by atoms with Crippen molar-refractivity contribution < 1.29 is 9.59 Å². The van der Waals surface area contributed by atoms with Crippen LogP contribution in [0.25, 0.3) is 0 Å². The Bertz CT molecular complexity index is 891. The van der Waals surface area contributed by atoms with Gasteiger partial charge in [-0.3, -0.25) is 9.59 Å². The molecular weight excluding hydrogens is 362 g/mol. The van der Waals surface area contributed by atoms with E-state index in [0.717, 1.165) is 16.8 Å². The van der Waals surface area contributed by atoms with E-state index in [9.17, 15) is 9.59 Å². The summed E-state index contributed by atoms with van der Waals surface area (Å²) < 4.78 is 0. The predicted octanol–water partition coefficient (Wildman–Crippen LogP) is 5.24. The molecule has 0 radical (unpaired) electrons. The number of rotatable bonds is 6. The maximum Gasteiger partial charge on any atom is 0.271 e. The Morgan fingerprint density at radius 2 is 1.62 bits per heavy atom. The Morgan fingerprint density at radius 1 is 1.00 bits per heavy atom. The largest absolute Gasteiger partial charge is 0.325 e. The molecule has 2 N–H and O–H groups in total. The van der Waals surface area contributed by atoms with Crippen molar-refractivity contribution in [3.8, 4) is 0 Å². The summed E-state index contributed by atoms with van der Waals surface area (Å²) in [5, 5.41) is 7.00. The highest BCUT2D eigenvalue weighted by atomic mass is 16.2. The lowest BCUT2D eigenvalue weighted by molar-refractivity contribution is -0.115. The zero-order chi connectivity index (χ0) is 21.6. The standard InChI is InChI=1S/C24H31N3O2/c1-16(2)20-9-7-8-10-21(20)25-22(28)15-17(3)26-27-23(29)18-11-13-19(14-12-18)24(4,5)6/h7-14,16H,15H2,1-6H3,(H,25,28)(H,27,29). The summed E-state index contributed by atoms with van der Waals surface area (Å²) in [5.41, 5.74) is 6.68. The van der Waals surface area contributed by atoms with E-state index < -0.39 is 0 Å². The summed E-state index contributed by atoms with van der Waals surface area (Å²) in [6.07, 6.45) is 0.107. The number of hydrazone groups is 1. The van der Waals surface area contributed by atoms with Gasteiger partial charge in [0.25, 0.3) is 5.91 Å². The van der Waals surface area contributed by atoms with Crippen LogP contribution >= 0.6 is 0 Å². The molecule has 0 aliphatic heterocycles. The van der Waals surface area contributed by atoms with E-state index in [1.165, 1.54) is 0 Å². The zero-order valence-electron chi connectivity index (χ0n) is 18.2. The first-order chi connectivity index (χ1) is 13.6. The molecule has 0 saturated heterocycles. The molecule has 0 bridgehead atoms. The van der Waals surface area contributed by atoms with Crippen molar-refractivity contribution >= 4 is 23.2 Å². The van der Waals surface area contributed by atoms with Gasteiger partial charge in [0.05, 0.1) is 6.42 Å². The van der Waals surface area contributed by atoms with Crippen LogP contribution in [0, 0.1) is 0 Å². The van der Waals surface area contributed by atoms with E-state index in [1.807, 2.05) is 36.4 Å². The summed E-state index contributed by atoms with van der Waals surface area (Å²) in [5.74, 6) is -0.149. The van der Waals surface area contributed by atoms with Crippen LogP contribution in [-0.4, -0.2) is 17.5 Å². The molecule has 154 valence electrons. The van der Waals surface area contributed by atoms with Gasteiger partial charge in [-0.05, 0) is 47.6 Å². The summed E-state index contributed by atoms with van der Waals surface area (Å²) >= 11 is 0. The van der Waals surface area contributed by atoms with Gasteiger partial charge in [-0.2, -0.15) is 5.10 Å². The zero-order valence-corrected chi connectivity index (χ0v) is 18.2. The fourth-order valence-electron chi connectivity index (χ4n) is 2.91. The number of hydrogen-bond donors (Lipinski definition) is 2. The molecule has 0 fully saturated rings. The highest BCUT2D eigenvalue weighted by Crippen LogP contribution is 2.24. The summed E-state index contributed by atoms with van der Waals surface area (Å²) in [6.45, 7) is 12.3. The molecule has 2 aromatic rings. The molecule has 0 aliphatic carbocycles. The van der Waals surface area contributed by atoms with Crippen molar-refractivity contribution in [2.75, 3.05) is 5.32 Å². The molecule has 2 aromatic carbocycles. The smallest absolute Gasteiger partial charge is 0.271 e. The molecule has 0 spiro atoms. The van der Waals surface area contributed by atoms with Crippen molar-refractivity contribution in [2.45, 2.75) is 59.3 Å². The van der Waals surface area contributed by atoms with Crippen LogP contribution in [0.2, 0.25) is 0 Å². The Morgan fingerprint density at radius 3 is 2.21 bits per heavy atom. The van der Waals surface area contributed by atoms with Gasteiger partial charge in [-0.25, -0.2) is 5.43 Å². The average Bonchev–Trinajstić information content (AvgIpc) is 2.65. The maximum absolute atomic E-state index is 12.3. The number of nitrogens with zero attached hydrogens (tertiary/aromatic N) is 1. The van der Waals surface area contributed by atoms with Crippen LogP contribution in [0.5, 0.6) is 0 Å². The number of nitrogens with one attached hydrogen (secondary N) is 2. The van der Waals surface area contributed by atoms with Gasteiger partial charge < -0.3 is 5.32 Å². The lowest BCUT2D eigenvalue weighted by Crippen LogP contribution is -2.22. The van der Waals surface area contributed by atoms with Gasteiger partial charge in [0.1, 0.15) is 0 Å². The molecule has 29 heavy (non-hydrogen) atoms. The van der Waals surface area contributed by atoms with Gasteiger partial charge in [-0.15, -0.1) is 0 Å². The number of benzene rings is 2. The first-order valence-electron chi connectivity index (χ1n) is 9.90. The third kappa shape index (κ3) is 6.56. The highest BCUT2D eigenvalue weighted by molar-refractivity contribution is 6.06. The molecule has 0 atom stereocenters. The maximum atomic E-state index is 12.3. The van der Waals surface area contributed by atoms with E-state index in [1.54, 1.807) is 19.1 Å². The van der Waals surface area contributed by atoms with Gasteiger partial charge in [-0.1, -0.05) is 65.0 Å². The first-order valence-corrected chi connectivity index (χ1v) is 9.90. The lowest BCUT2D eigenvalue weighted by atomic mass is 9.87. The average molecular weight is 394 g/mol. The SMILES string of the molecule is CC(CC(=O)Nc1ccccc1C(C)C)=NNC(=O)c1ccc(C(C)(C)C)cc1. The molecule has 0 saturated carbocycles. The third-order valence-electron chi connectivity index (χ3n) is 4.63. The Labute approximate surface area is 173 Å². The van der Waals surface area contributed by atoms with Crippen LogP contribution in [0.1, 0.15) is 75.4 Å². The molecular formula is C24H31N3O2. The van der Waals surface area contributed by atoms with Gasteiger partial charge in [0.2, 0.25) is 5.91 Å². The Hall–Kier alpha value is -2.95. The van der Waals surface area contributed by atoms with Crippen molar-refractivity contribution in [1.29, 1.82) is 0 Å². The van der Waals surface area contributed by atoms with Crippen LogP contribution in [0.3, 0.4) is 0 Å². The minimum atomic E-state index is -0.296. The second kappa shape index (κ2) is 9.50. The van der Waals surface area contributed by atoms with Crippen molar-refractivity contribution in [3.05, 3.63) is 65.2 Å². The molecule has 0 aromatic heterocycles. The first kappa shape index (κ1) is 22.3. The second-order valence-electron chi connectivity index (χ2n) is 8.58. The van der Waals surface area contributed by atoms with Crippen LogP contribution in [0.15, 0.2) is 53.6 Å². The summed E-state index contributed by atoms with van der Waals surface area (Å²) in [6, 6.07) is 15.2. The number of hydrogen-bond acceptors (Lipinski definition) is 3. The normalized spacial score (nSPS) is 12.0. The Kier molecular flexibility index (Phi) is 7.32. The lowest BCUT2D eigenvalue weighted by Gasteiger charge is -2.18. The molecule has 5 heteroatoms. The van der Waals surface area contributed by atoms with Gasteiger partial charge in [0, 0.05) is 17.0 Å². The number of anilines is 1. The van der Waals surface area contributed by atoms with Crippen molar-refractivity contribution in [1.82, 2.24) is 5.43 Å². The van der Waals surface area contributed by atoms with Crippen LogP contribution in [-0.2, 0) is 10.2 Å². The predicted molar refractivity (Wildman–Crippen MR) is 119 cm³/mol. The Balaban J connectivity index is 1.94. The van der Waals surface area contributed by atoms with Crippen molar-refractivity contribution in [2.24, 2.45) is 5.10 Å². The highest BCUT2D eigenvalue weighted by Gasteiger charge is 2.14. The van der Waals surface area contributed by atoms with E-state index in [2.05, 4.69) is 50.5 Å². The number of carbonyl (C=O) groups excluding carboxylic acids is 2. The third-order valence-corrected chi connectivity index (χ3v) is 4.63. The molecule has 2 amide bonds. The molecule has 5 nitrogen and oxygen atoms in total. The minimum Gasteiger partial charge on any atom is -0.325 e. The fourth-order valence-corrected chi connectivity index (χ4v) is 2.91. The minimum absolute atomic E-state index is 0.0330. The van der Waals surface area contributed by atoms with E-state index in [0.29, 0.717) is 17.2 Å². The van der Waals surface area contributed by atoms with Crippen LogP contribution < -0.4 is 10.7 Å². The summed E-state index contributed by atoms with van der Waals surface area (Å²) in [7, 11) is 0. The van der Waals surface area contributed by atoms with E-state index in [4.69, 9.17) is 0 Å². The molecule has 2 rings (SSSR count). The molecule has 0 heterocycles. The van der Waals surface area contributed by atoms with Crippen molar-refractivity contribution in [3.63, 3.8) is 0 Å². The van der Waals surface area contributed by atoms with E-state index in [-0.39, 0.29) is 23.7 Å². The van der Waals surface area contributed by atoms with Gasteiger partial charge >= 0.3 is 0 Å². The van der Waals surface area contributed by atoms with Crippen LogP contribution in [0.4, 0.5) is 5.69 Å². The van der Waals surface area contributed by atoms with Gasteiger partial charge in [0.15, 0.2) is 0 Å². The quantitative estimate of drug-likeness (QED) is 0.520. The topological polar surface area (TPSA) is 70.6 Å². The fraction of sp³-hybridized carbons (Fsp3) is 0.375. The number of carbonyl (C=O) groups is 2. The number of para-hydroxylation sites is 1. The summed E-state index contributed by atoms with van der Waals surface area (Å²) in [4.78, 5) is 24.6. The molecule has 0 unspecified atom stereocenters. The van der Waals surface area contributed by atoms with E-state index >= 15 is 0 Å². The second-order valence-corrected chi connectivity index (χ2v) is 8.58. The number of amides is 2.